The maximum Gasteiger partial charge on any atom is 0.306 e. The van der Waals surface area contributed by atoms with Crippen LogP contribution in [-0.4, -0.2) is 30.1 Å². The normalized spacial score (nSPS) is 15.3. The number of hydrogen-bond acceptors (Lipinski definition) is 4. The fourth-order valence-corrected chi connectivity index (χ4v) is 2.42. The van der Waals surface area contributed by atoms with Gasteiger partial charge in [-0.25, -0.2) is 0 Å². The second-order valence-corrected chi connectivity index (χ2v) is 5.03. The highest BCUT2D eigenvalue weighted by atomic mass is 16.4. The van der Waals surface area contributed by atoms with Crippen molar-refractivity contribution in [3.05, 3.63) is 24.3 Å². The summed E-state index contributed by atoms with van der Waals surface area (Å²) in [6, 6.07) is 9.15. The molecule has 1 aliphatic heterocycles. The lowest BCUT2D eigenvalue weighted by molar-refractivity contribution is -0.142. The molecular weight excluding hydrogens is 270 g/mol. The molecule has 0 aliphatic carbocycles. The number of amides is 1. The molecule has 1 amide bonds. The third-order valence-corrected chi connectivity index (χ3v) is 3.60. The van der Waals surface area contributed by atoms with Gasteiger partial charge in [-0.3, -0.25) is 9.59 Å². The number of carbonyl (C=O) groups excluding carboxylic acids is 1. The molecule has 0 saturated carbocycles. The Bertz CT molecular complexity index is 555. The quantitative estimate of drug-likeness (QED) is 0.881. The lowest BCUT2D eigenvalue weighted by Crippen LogP contribution is -2.36. The monoisotopic (exact) mass is 287 g/mol. The second kappa shape index (κ2) is 6.75. The molecule has 1 fully saturated rings. The van der Waals surface area contributed by atoms with E-state index in [0.29, 0.717) is 18.5 Å². The molecule has 6 nitrogen and oxygen atoms in total. The Labute approximate surface area is 123 Å². The van der Waals surface area contributed by atoms with E-state index in [2.05, 4.69) is 10.2 Å². The third-order valence-electron chi connectivity index (χ3n) is 3.60. The summed E-state index contributed by atoms with van der Waals surface area (Å²) < 4.78 is 0. The Kier molecular flexibility index (Phi) is 4.77. The summed E-state index contributed by atoms with van der Waals surface area (Å²) in [7, 11) is 0. The van der Waals surface area contributed by atoms with Crippen LogP contribution in [0.4, 0.5) is 11.4 Å². The van der Waals surface area contributed by atoms with Crippen molar-refractivity contribution >= 4 is 23.3 Å². The largest absolute Gasteiger partial charge is 0.481 e. The fraction of sp³-hybridized carbons (Fsp3) is 0.400. The van der Waals surface area contributed by atoms with Gasteiger partial charge in [0.2, 0.25) is 5.91 Å². The maximum absolute atomic E-state index is 11.3. The first-order valence-corrected chi connectivity index (χ1v) is 6.85. The maximum atomic E-state index is 11.3. The zero-order chi connectivity index (χ0) is 15.2. The average molecular weight is 287 g/mol. The van der Waals surface area contributed by atoms with Crippen LogP contribution in [0, 0.1) is 17.2 Å². The van der Waals surface area contributed by atoms with Gasteiger partial charge in [-0.2, -0.15) is 5.26 Å². The van der Waals surface area contributed by atoms with Crippen molar-refractivity contribution in [3.8, 4) is 6.07 Å². The second-order valence-electron chi connectivity index (χ2n) is 5.03. The molecule has 1 heterocycles. The number of carbonyl (C=O) groups is 2. The van der Waals surface area contributed by atoms with Gasteiger partial charge in [-0.15, -0.1) is 0 Å². The molecule has 0 aromatic heterocycles. The van der Waals surface area contributed by atoms with E-state index < -0.39 is 5.97 Å². The van der Waals surface area contributed by atoms with Gasteiger partial charge >= 0.3 is 5.97 Å². The lowest BCUT2D eigenvalue weighted by Gasteiger charge is -2.32. The number of aliphatic carboxylic acids is 1. The van der Waals surface area contributed by atoms with E-state index in [9.17, 15) is 9.59 Å². The molecule has 0 unspecified atom stereocenters. The lowest BCUT2D eigenvalue weighted by atomic mass is 9.97. The molecular formula is C15H17N3O3. The third kappa shape index (κ3) is 3.96. The van der Waals surface area contributed by atoms with Crippen molar-refractivity contribution in [2.45, 2.75) is 19.3 Å². The number of nitrogens with one attached hydrogen (secondary N) is 1. The summed E-state index contributed by atoms with van der Waals surface area (Å²) in [5, 5.41) is 20.0. The van der Waals surface area contributed by atoms with Gasteiger partial charge in [0.1, 0.15) is 6.42 Å². The van der Waals surface area contributed by atoms with Crippen molar-refractivity contribution in [1.82, 2.24) is 0 Å². The first-order valence-electron chi connectivity index (χ1n) is 6.85. The minimum Gasteiger partial charge on any atom is -0.481 e. The molecule has 6 heteroatoms. The molecule has 1 aliphatic rings. The van der Waals surface area contributed by atoms with Gasteiger partial charge in [-0.1, -0.05) is 0 Å². The van der Waals surface area contributed by atoms with Crippen molar-refractivity contribution in [2.24, 2.45) is 5.92 Å². The van der Waals surface area contributed by atoms with Gasteiger partial charge < -0.3 is 15.3 Å². The van der Waals surface area contributed by atoms with Gasteiger partial charge in [0.25, 0.3) is 0 Å². The topological polar surface area (TPSA) is 93.4 Å². The average Bonchev–Trinajstić information content (AvgIpc) is 2.48. The van der Waals surface area contributed by atoms with Crippen LogP contribution in [0.15, 0.2) is 24.3 Å². The number of nitriles is 1. The summed E-state index contributed by atoms with van der Waals surface area (Å²) in [6.07, 6.45) is 1.14. The zero-order valence-electron chi connectivity index (χ0n) is 11.6. The summed E-state index contributed by atoms with van der Waals surface area (Å²) >= 11 is 0. The van der Waals surface area contributed by atoms with Crippen molar-refractivity contribution in [3.63, 3.8) is 0 Å². The van der Waals surface area contributed by atoms with E-state index in [0.717, 1.165) is 18.8 Å². The van der Waals surface area contributed by atoms with E-state index in [1.54, 1.807) is 18.2 Å². The molecule has 0 bridgehead atoms. The highest BCUT2D eigenvalue weighted by Crippen LogP contribution is 2.24. The van der Waals surface area contributed by atoms with Crippen LogP contribution in [0.25, 0.3) is 0 Å². The predicted molar refractivity (Wildman–Crippen MR) is 77.9 cm³/mol. The molecule has 0 radical (unpaired) electrons. The molecule has 0 atom stereocenters. The van der Waals surface area contributed by atoms with Crippen LogP contribution in [-0.2, 0) is 9.59 Å². The van der Waals surface area contributed by atoms with Crippen molar-refractivity contribution in [1.29, 1.82) is 5.26 Å². The minimum atomic E-state index is -0.717. The standard InChI is InChI=1S/C15H17N3O3/c16-8-5-14(19)17-12-1-3-13(4-2-12)18-9-6-11(7-10-18)15(20)21/h1-4,11H,5-7,9-10H2,(H,17,19)(H,20,21). The minimum absolute atomic E-state index is 0.162. The molecule has 1 aromatic rings. The Morgan fingerprint density at radius 2 is 1.90 bits per heavy atom. The number of rotatable bonds is 4. The Balaban J connectivity index is 1.92. The molecule has 1 aromatic carbocycles. The van der Waals surface area contributed by atoms with E-state index >= 15 is 0 Å². The van der Waals surface area contributed by atoms with E-state index in [-0.39, 0.29) is 18.2 Å². The van der Waals surface area contributed by atoms with Gasteiger partial charge in [0, 0.05) is 24.5 Å². The summed E-state index contributed by atoms with van der Waals surface area (Å²) in [5.74, 6) is -1.29. The number of benzene rings is 1. The van der Waals surface area contributed by atoms with E-state index in [4.69, 9.17) is 10.4 Å². The smallest absolute Gasteiger partial charge is 0.306 e. The SMILES string of the molecule is N#CCC(=O)Nc1ccc(N2CCC(C(=O)O)CC2)cc1. The van der Waals surface area contributed by atoms with Gasteiger partial charge in [0.05, 0.1) is 12.0 Å². The summed E-state index contributed by atoms with van der Waals surface area (Å²) in [4.78, 5) is 24.4. The van der Waals surface area contributed by atoms with Gasteiger partial charge in [0.15, 0.2) is 0 Å². The summed E-state index contributed by atoms with van der Waals surface area (Å²) in [6.45, 7) is 1.44. The number of piperidine rings is 1. The van der Waals surface area contributed by atoms with Crippen LogP contribution < -0.4 is 10.2 Å². The highest BCUT2D eigenvalue weighted by molar-refractivity contribution is 5.92. The fourth-order valence-electron chi connectivity index (χ4n) is 2.42. The Hall–Kier alpha value is -2.55. The number of nitrogens with zero attached hydrogens (tertiary/aromatic N) is 2. The first-order chi connectivity index (χ1) is 10.1. The predicted octanol–water partition coefficient (Wildman–Crippen LogP) is 1.84. The zero-order valence-corrected chi connectivity index (χ0v) is 11.6. The molecule has 21 heavy (non-hydrogen) atoms. The molecule has 2 N–H and O–H groups in total. The molecule has 2 rings (SSSR count). The van der Waals surface area contributed by atoms with Crippen LogP contribution in [0.2, 0.25) is 0 Å². The molecule has 1 saturated heterocycles. The first kappa shape index (κ1) is 14.9. The molecule has 110 valence electrons. The van der Waals surface area contributed by atoms with Crippen LogP contribution in [0.5, 0.6) is 0 Å². The van der Waals surface area contributed by atoms with E-state index in [1.807, 2.05) is 12.1 Å². The Morgan fingerprint density at radius 3 is 2.43 bits per heavy atom. The Morgan fingerprint density at radius 1 is 1.29 bits per heavy atom. The molecule has 0 spiro atoms. The number of anilines is 2. The highest BCUT2D eigenvalue weighted by Gasteiger charge is 2.24. The van der Waals surface area contributed by atoms with Crippen LogP contribution in [0.1, 0.15) is 19.3 Å². The number of hydrogen-bond donors (Lipinski definition) is 2. The number of carboxylic acids is 1. The number of carboxylic acid groups (broad SMARTS) is 1. The van der Waals surface area contributed by atoms with Crippen LogP contribution in [0.3, 0.4) is 0 Å². The van der Waals surface area contributed by atoms with Crippen molar-refractivity contribution < 1.29 is 14.7 Å². The summed E-state index contributed by atoms with van der Waals surface area (Å²) in [5.41, 5.74) is 1.66. The van der Waals surface area contributed by atoms with Crippen LogP contribution >= 0.6 is 0 Å². The van der Waals surface area contributed by atoms with E-state index in [1.165, 1.54) is 0 Å². The van der Waals surface area contributed by atoms with Gasteiger partial charge in [-0.05, 0) is 37.1 Å². The van der Waals surface area contributed by atoms with Crippen molar-refractivity contribution in [2.75, 3.05) is 23.3 Å².